The molecule has 0 atom stereocenters. The summed E-state index contributed by atoms with van der Waals surface area (Å²) in [5, 5.41) is 16.2. The maximum Gasteiger partial charge on any atom is 0.335 e. The Bertz CT molecular complexity index is 1010. The molecule has 1 heterocycles. The van der Waals surface area contributed by atoms with Crippen molar-refractivity contribution in [3.63, 3.8) is 0 Å². The Labute approximate surface area is 165 Å². The highest BCUT2D eigenvalue weighted by molar-refractivity contribution is 8.00. The number of benzene rings is 2. The van der Waals surface area contributed by atoms with Gasteiger partial charge >= 0.3 is 5.97 Å². The van der Waals surface area contributed by atoms with Crippen molar-refractivity contribution in [2.75, 3.05) is 11.1 Å². The zero-order chi connectivity index (χ0) is 20.3. The number of carbonyl (C=O) groups excluding carboxylic acids is 1. The highest BCUT2D eigenvalue weighted by Crippen LogP contribution is 2.28. The van der Waals surface area contributed by atoms with Crippen LogP contribution in [0.4, 0.5) is 10.1 Å². The molecule has 2 N–H and O–H groups in total. The molecule has 0 fully saturated rings. The van der Waals surface area contributed by atoms with Gasteiger partial charge < -0.3 is 10.4 Å². The molecule has 6 nitrogen and oxygen atoms in total. The molecule has 1 aromatic heterocycles. The summed E-state index contributed by atoms with van der Waals surface area (Å²) in [7, 11) is 0. The smallest absolute Gasteiger partial charge is 0.335 e. The first-order chi connectivity index (χ1) is 13.3. The summed E-state index contributed by atoms with van der Waals surface area (Å²) < 4.78 is 14.7. The number of anilines is 1. The van der Waals surface area contributed by atoms with Crippen LogP contribution in [0.25, 0.3) is 5.69 Å². The Morgan fingerprint density at radius 2 is 1.75 bits per heavy atom. The first kappa shape index (κ1) is 19.6. The summed E-state index contributed by atoms with van der Waals surface area (Å²) in [6, 6.07) is 12.0. The van der Waals surface area contributed by atoms with Crippen molar-refractivity contribution in [2.45, 2.75) is 18.7 Å². The molecule has 1 amide bonds. The number of halogens is 1. The van der Waals surface area contributed by atoms with Crippen LogP contribution in [0.5, 0.6) is 0 Å². The van der Waals surface area contributed by atoms with Crippen molar-refractivity contribution in [1.29, 1.82) is 0 Å². The van der Waals surface area contributed by atoms with Crippen LogP contribution < -0.4 is 5.32 Å². The minimum Gasteiger partial charge on any atom is -0.478 e. The quantitative estimate of drug-likeness (QED) is 0.611. The molecule has 0 bridgehead atoms. The standard InChI is InChI=1S/C20H18FN3O3S/c1-12-19(28-11-18(25)22-16-7-5-15(21)6-8-16)13(2)24(23-12)17-9-3-14(4-10-17)20(26)27/h3-10H,11H2,1-2H3,(H,22,25)(H,26,27). The third-order valence-corrected chi connectivity index (χ3v) is 5.35. The Balaban J connectivity index is 1.70. The maximum atomic E-state index is 12.9. The minimum absolute atomic E-state index is 0.183. The number of aromatic nitrogens is 2. The topological polar surface area (TPSA) is 84.2 Å². The Kier molecular flexibility index (Phi) is 5.79. The molecule has 0 unspecified atom stereocenters. The summed E-state index contributed by atoms with van der Waals surface area (Å²) in [5.74, 6) is -1.36. The number of amides is 1. The van der Waals surface area contributed by atoms with Crippen LogP contribution in [0.3, 0.4) is 0 Å². The second kappa shape index (κ2) is 8.26. The number of aromatic carboxylic acids is 1. The Morgan fingerprint density at radius 3 is 2.36 bits per heavy atom. The molecule has 28 heavy (non-hydrogen) atoms. The first-order valence-electron chi connectivity index (χ1n) is 8.43. The number of nitrogens with one attached hydrogen (secondary N) is 1. The van der Waals surface area contributed by atoms with Gasteiger partial charge in [0.2, 0.25) is 5.91 Å². The van der Waals surface area contributed by atoms with Gasteiger partial charge in [0.1, 0.15) is 5.82 Å². The maximum absolute atomic E-state index is 12.9. The molecule has 0 saturated carbocycles. The van der Waals surface area contributed by atoms with Crippen molar-refractivity contribution in [3.8, 4) is 5.69 Å². The molecule has 0 aliphatic rings. The lowest BCUT2D eigenvalue weighted by molar-refractivity contribution is -0.113. The SMILES string of the molecule is Cc1nn(-c2ccc(C(=O)O)cc2)c(C)c1SCC(=O)Nc1ccc(F)cc1. The van der Waals surface area contributed by atoms with Crippen LogP contribution in [-0.4, -0.2) is 32.5 Å². The van der Waals surface area contributed by atoms with Crippen LogP contribution >= 0.6 is 11.8 Å². The van der Waals surface area contributed by atoms with Gasteiger partial charge in [0.25, 0.3) is 0 Å². The van der Waals surface area contributed by atoms with E-state index < -0.39 is 5.97 Å². The Morgan fingerprint density at radius 1 is 1.11 bits per heavy atom. The fourth-order valence-electron chi connectivity index (χ4n) is 2.70. The minimum atomic E-state index is -0.983. The van der Waals surface area contributed by atoms with Gasteiger partial charge in [0, 0.05) is 5.69 Å². The monoisotopic (exact) mass is 399 g/mol. The molecular formula is C20H18FN3O3S. The normalized spacial score (nSPS) is 10.7. The molecule has 0 spiro atoms. The molecule has 0 aliphatic heterocycles. The van der Waals surface area contributed by atoms with E-state index in [-0.39, 0.29) is 23.0 Å². The molecular weight excluding hydrogens is 381 g/mol. The second-order valence-electron chi connectivity index (χ2n) is 6.11. The largest absolute Gasteiger partial charge is 0.478 e. The molecule has 0 radical (unpaired) electrons. The molecule has 2 aromatic carbocycles. The summed E-state index contributed by atoms with van der Waals surface area (Å²) in [5.41, 5.74) is 3.12. The van der Waals surface area contributed by atoms with Crippen molar-refractivity contribution in [1.82, 2.24) is 9.78 Å². The highest BCUT2D eigenvalue weighted by atomic mass is 32.2. The Hall–Kier alpha value is -3.13. The fraction of sp³-hybridized carbons (Fsp3) is 0.150. The fourth-order valence-corrected chi connectivity index (χ4v) is 3.59. The van der Waals surface area contributed by atoms with Crippen LogP contribution in [0.2, 0.25) is 0 Å². The number of rotatable bonds is 6. The number of thioether (sulfide) groups is 1. The van der Waals surface area contributed by atoms with Gasteiger partial charge in [-0.25, -0.2) is 13.9 Å². The molecule has 0 saturated heterocycles. The summed E-state index contributed by atoms with van der Waals surface area (Å²) in [4.78, 5) is 24.0. The number of carboxylic acid groups (broad SMARTS) is 1. The number of nitrogens with zero attached hydrogens (tertiary/aromatic N) is 2. The summed E-state index contributed by atoms with van der Waals surface area (Å²) in [6.45, 7) is 3.75. The predicted octanol–water partition coefficient (Wildman–Crippen LogP) is 4.06. The number of carboxylic acids is 1. The van der Waals surface area contributed by atoms with Crippen LogP contribution in [0.15, 0.2) is 53.4 Å². The summed E-state index contributed by atoms with van der Waals surface area (Å²) in [6.07, 6.45) is 0. The van der Waals surface area contributed by atoms with E-state index in [0.717, 1.165) is 22.0 Å². The molecule has 8 heteroatoms. The number of carbonyl (C=O) groups is 2. The van der Waals surface area contributed by atoms with Crippen molar-refractivity contribution < 1.29 is 19.1 Å². The van der Waals surface area contributed by atoms with Crippen molar-refractivity contribution >= 4 is 29.3 Å². The van der Waals surface area contributed by atoms with Gasteiger partial charge in [-0.2, -0.15) is 5.10 Å². The average molecular weight is 399 g/mol. The highest BCUT2D eigenvalue weighted by Gasteiger charge is 2.15. The van der Waals surface area contributed by atoms with Crippen LogP contribution in [0.1, 0.15) is 21.7 Å². The van der Waals surface area contributed by atoms with E-state index in [1.807, 2.05) is 13.8 Å². The predicted molar refractivity (Wildman–Crippen MR) is 106 cm³/mol. The third-order valence-electron chi connectivity index (χ3n) is 4.06. The zero-order valence-corrected chi connectivity index (χ0v) is 16.1. The molecule has 0 aliphatic carbocycles. The average Bonchev–Trinajstić information content (AvgIpc) is 2.96. The van der Waals surface area contributed by atoms with Gasteiger partial charge in [0.15, 0.2) is 0 Å². The number of hydrogen-bond acceptors (Lipinski definition) is 4. The van der Waals surface area contributed by atoms with Gasteiger partial charge in [-0.3, -0.25) is 4.79 Å². The zero-order valence-electron chi connectivity index (χ0n) is 15.3. The lowest BCUT2D eigenvalue weighted by atomic mass is 10.2. The van der Waals surface area contributed by atoms with Crippen LogP contribution in [-0.2, 0) is 4.79 Å². The van der Waals surface area contributed by atoms with E-state index in [1.165, 1.54) is 48.2 Å². The first-order valence-corrected chi connectivity index (χ1v) is 9.42. The molecule has 3 rings (SSSR count). The molecule has 144 valence electrons. The van der Waals surface area contributed by atoms with E-state index >= 15 is 0 Å². The number of hydrogen-bond donors (Lipinski definition) is 2. The van der Waals surface area contributed by atoms with E-state index in [0.29, 0.717) is 5.69 Å². The van der Waals surface area contributed by atoms with Crippen LogP contribution in [0, 0.1) is 19.7 Å². The third kappa shape index (κ3) is 4.40. The van der Waals surface area contributed by atoms with Gasteiger partial charge in [-0.15, -0.1) is 11.8 Å². The number of aryl methyl sites for hydroxylation is 1. The molecule has 3 aromatic rings. The van der Waals surface area contributed by atoms with E-state index in [1.54, 1.807) is 16.8 Å². The van der Waals surface area contributed by atoms with E-state index in [9.17, 15) is 14.0 Å². The lowest BCUT2D eigenvalue weighted by Gasteiger charge is -2.07. The van der Waals surface area contributed by atoms with E-state index in [2.05, 4.69) is 10.4 Å². The van der Waals surface area contributed by atoms with E-state index in [4.69, 9.17) is 5.11 Å². The second-order valence-corrected chi connectivity index (χ2v) is 7.09. The van der Waals surface area contributed by atoms with Crippen molar-refractivity contribution in [3.05, 3.63) is 71.3 Å². The lowest BCUT2D eigenvalue weighted by Crippen LogP contribution is -2.14. The summed E-state index contributed by atoms with van der Waals surface area (Å²) >= 11 is 1.36. The van der Waals surface area contributed by atoms with Gasteiger partial charge in [-0.1, -0.05) is 0 Å². The van der Waals surface area contributed by atoms with Crippen molar-refractivity contribution in [2.24, 2.45) is 0 Å². The van der Waals surface area contributed by atoms with Gasteiger partial charge in [-0.05, 0) is 62.4 Å². The van der Waals surface area contributed by atoms with Gasteiger partial charge in [0.05, 0.1) is 33.3 Å².